The fraction of sp³-hybridized carbons (Fsp3) is 0.571. The summed E-state index contributed by atoms with van der Waals surface area (Å²) in [7, 11) is -3.09. The Morgan fingerprint density at radius 3 is 2.79 bits per heavy atom. The van der Waals surface area contributed by atoms with Crippen LogP contribution in [0.1, 0.15) is 30.9 Å². The number of sulfone groups is 1. The van der Waals surface area contributed by atoms with Gasteiger partial charge < -0.3 is 5.73 Å². The predicted octanol–water partition coefficient (Wildman–Crippen LogP) is 1.33. The number of rotatable bonds is 1. The van der Waals surface area contributed by atoms with E-state index in [2.05, 4.69) is 4.90 Å². The molecular weight excluding hydrogens is 260 g/mol. The Balaban J connectivity index is 1.96. The standard InChI is InChI=1S/C14H20N2O2S/c15-11-4-3-8-16(10-11)13-7-9-19(17,18)14-6-2-1-5-12(13)14/h1-2,5-6,11,13H,3-4,7-10,15H2. The lowest BCUT2D eigenvalue weighted by Crippen LogP contribution is -2.45. The van der Waals surface area contributed by atoms with Gasteiger partial charge in [-0.1, -0.05) is 18.2 Å². The molecule has 0 saturated carbocycles. The normalized spacial score (nSPS) is 30.8. The zero-order valence-corrected chi connectivity index (χ0v) is 11.8. The number of piperidine rings is 1. The number of hydrogen-bond donors (Lipinski definition) is 1. The van der Waals surface area contributed by atoms with E-state index >= 15 is 0 Å². The average Bonchev–Trinajstić information content (AvgIpc) is 2.39. The Labute approximate surface area is 114 Å². The van der Waals surface area contributed by atoms with Crippen molar-refractivity contribution in [3.63, 3.8) is 0 Å². The molecule has 104 valence electrons. The molecule has 2 unspecified atom stereocenters. The average molecular weight is 280 g/mol. The summed E-state index contributed by atoms with van der Waals surface area (Å²) in [6.45, 7) is 1.89. The molecule has 2 heterocycles. The molecular formula is C14H20N2O2S. The van der Waals surface area contributed by atoms with Crippen molar-refractivity contribution in [2.45, 2.75) is 36.2 Å². The largest absolute Gasteiger partial charge is 0.327 e. The van der Waals surface area contributed by atoms with Crippen molar-refractivity contribution in [2.75, 3.05) is 18.8 Å². The molecule has 0 radical (unpaired) electrons. The lowest BCUT2D eigenvalue weighted by atomic mass is 9.97. The van der Waals surface area contributed by atoms with Crippen molar-refractivity contribution in [1.82, 2.24) is 4.90 Å². The molecule has 1 aromatic carbocycles. The molecule has 0 bridgehead atoms. The lowest BCUT2D eigenvalue weighted by molar-refractivity contribution is 0.142. The summed E-state index contributed by atoms with van der Waals surface area (Å²) in [6, 6.07) is 7.86. The van der Waals surface area contributed by atoms with E-state index < -0.39 is 9.84 Å². The smallest absolute Gasteiger partial charge is 0.178 e. The molecule has 2 atom stereocenters. The molecule has 0 spiro atoms. The Bertz CT molecular complexity index is 571. The maximum Gasteiger partial charge on any atom is 0.178 e. The highest BCUT2D eigenvalue weighted by Gasteiger charge is 2.34. The summed E-state index contributed by atoms with van der Waals surface area (Å²) < 4.78 is 24.2. The van der Waals surface area contributed by atoms with Crippen molar-refractivity contribution in [3.05, 3.63) is 29.8 Å². The van der Waals surface area contributed by atoms with Gasteiger partial charge in [0.05, 0.1) is 10.6 Å². The van der Waals surface area contributed by atoms with Crippen LogP contribution in [-0.4, -0.2) is 38.2 Å². The van der Waals surface area contributed by atoms with Gasteiger partial charge in [0.2, 0.25) is 0 Å². The minimum atomic E-state index is -3.09. The summed E-state index contributed by atoms with van der Waals surface area (Å²) in [5.41, 5.74) is 7.01. The molecule has 5 heteroatoms. The zero-order valence-electron chi connectivity index (χ0n) is 11.0. The number of likely N-dealkylation sites (tertiary alicyclic amines) is 1. The predicted molar refractivity (Wildman–Crippen MR) is 74.6 cm³/mol. The lowest BCUT2D eigenvalue weighted by Gasteiger charge is -2.39. The van der Waals surface area contributed by atoms with E-state index in [1.165, 1.54) is 0 Å². The number of benzene rings is 1. The number of nitrogens with zero attached hydrogens (tertiary/aromatic N) is 1. The highest BCUT2D eigenvalue weighted by atomic mass is 32.2. The molecule has 1 fully saturated rings. The molecule has 2 aliphatic heterocycles. The first-order chi connectivity index (χ1) is 9.08. The summed E-state index contributed by atoms with van der Waals surface area (Å²) in [4.78, 5) is 2.88. The van der Waals surface area contributed by atoms with E-state index in [9.17, 15) is 8.42 Å². The van der Waals surface area contributed by atoms with Gasteiger partial charge in [-0.05, 0) is 37.4 Å². The van der Waals surface area contributed by atoms with Gasteiger partial charge in [-0.15, -0.1) is 0 Å². The van der Waals surface area contributed by atoms with Gasteiger partial charge in [0.1, 0.15) is 0 Å². The van der Waals surface area contributed by atoms with Crippen molar-refractivity contribution in [1.29, 1.82) is 0 Å². The Morgan fingerprint density at radius 1 is 1.21 bits per heavy atom. The maximum absolute atomic E-state index is 12.1. The summed E-state index contributed by atoms with van der Waals surface area (Å²) >= 11 is 0. The van der Waals surface area contributed by atoms with Gasteiger partial charge in [-0.3, -0.25) is 4.90 Å². The third-order valence-corrected chi connectivity index (χ3v) is 6.02. The zero-order chi connectivity index (χ0) is 13.5. The second-order valence-electron chi connectivity index (χ2n) is 5.56. The fourth-order valence-electron chi connectivity index (χ4n) is 3.27. The van der Waals surface area contributed by atoms with Crippen LogP contribution < -0.4 is 5.73 Å². The van der Waals surface area contributed by atoms with Crippen LogP contribution in [0.15, 0.2) is 29.2 Å². The summed E-state index contributed by atoms with van der Waals surface area (Å²) in [5.74, 6) is 0.250. The molecule has 1 saturated heterocycles. The summed E-state index contributed by atoms with van der Waals surface area (Å²) in [5, 5.41) is 0. The molecule has 0 amide bonds. The van der Waals surface area contributed by atoms with E-state index in [1.807, 2.05) is 12.1 Å². The summed E-state index contributed by atoms with van der Waals surface area (Å²) in [6.07, 6.45) is 2.86. The molecule has 2 aliphatic rings. The van der Waals surface area contributed by atoms with Crippen LogP contribution in [0, 0.1) is 0 Å². The quantitative estimate of drug-likeness (QED) is 0.843. The molecule has 19 heavy (non-hydrogen) atoms. The molecule has 0 aromatic heterocycles. The molecule has 2 N–H and O–H groups in total. The van der Waals surface area contributed by atoms with Gasteiger partial charge >= 0.3 is 0 Å². The van der Waals surface area contributed by atoms with Gasteiger partial charge in [0.25, 0.3) is 0 Å². The topological polar surface area (TPSA) is 63.4 Å². The SMILES string of the molecule is NC1CCCN(C2CCS(=O)(=O)c3ccccc32)C1. The highest BCUT2D eigenvalue weighted by Crippen LogP contribution is 2.36. The van der Waals surface area contributed by atoms with E-state index in [4.69, 9.17) is 5.73 Å². The Morgan fingerprint density at radius 2 is 2.00 bits per heavy atom. The van der Waals surface area contributed by atoms with E-state index in [1.54, 1.807) is 12.1 Å². The van der Waals surface area contributed by atoms with Crippen molar-refractivity contribution < 1.29 is 8.42 Å². The first-order valence-corrected chi connectivity index (χ1v) is 8.54. The van der Waals surface area contributed by atoms with Gasteiger partial charge in [0.15, 0.2) is 9.84 Å². The Kier molecular flexibility index (Phi) is 3.37. The van der Waals surface area contributed by atoms with Crippen LogP contribution >= 0.6 is 0 Å². The molecule has 3 rings (SSSR count). The number of hydrogen-bond acceptors (Lipinski definition) is 4. The Hall–Kier alpha value is -0.910. The van der Waals surface area contributed by atoms with Crippen LogP contribution in [0.4, 0.5) is 0 Å². The van der Waals surface area contributed by atoms with Gasteiger partial charge in [0, 0.05) is 18.6 Å². The molecule has 0 aliphatic carbocycles. The second kappa shape index (κ2) is 4.89. The van der Waals surface area contributed by atoms with E-state index in [0.29, 0.717) is 11.3 Å². The number of nitrogens with two attached hydrogens (primary N) is 1. The van der Waals surface area contributed by atoms with Crippen molar-refractivity contribution >= 4 is 9.84 Å². The minimum Gasteiger partial charge on any atom is -0.327 e. The van der Waals surface area contributed by atoms with Crippen LogP contribution in [-0.2, 0) is 9.84 Å². The third-order valence-electron chi connectivity index (χ3n) is 4.20. The molecule has 1 aromatic rings. The van der Waals surface area contributed by atoms with Gasteiger partial charge in [-0.25, -0.2) is 8.42 Å². The van der Waals surface area contributed by atoms with Crippen LogP contribution in [0.5, 0.6) is 0 Å². The van der Waals surface area contributed by atoms with E-state index in [-0.39, 0.29) is 17.8 Å². The van der Waals surface area contributed by atoms with Crippen molar-refractivity contribution in [2.24, 2.45) is 5.73 Å². The second-order valence-corrected chi connectivity index (χ2v) is 7.64. The number of fused-ring (bicyclic) bond motifs is 1. The third kappa shape index (κ3) is 2.42. The fourth-order valence-corrected chi connectivity index (χ4v) is 4.88. The van der Waals surface area contributed by atoms with Crippen molar-refractivity contribution in [3.8, 4) is 0 Å². The molecule has 4 nitrogen and oxygen atoms in total. The van der Waals surface area contributed by atoms with Crippen LogP contribution in [0.2, 0.25) is 0 Å². The van der Waals surface area contributed by atoms with Crippen LogP contribution in [0.3, 0.4) is 0 Å². The van der Waals surface area contributed by atoms with Gasteiger partial charge in [-0.2, -0.15) is 0 Å². The first-order valence-electron chi connectivity index (χ1n) is 6.89. The minimum absolute atomic E-state index is 0.214. The van der Waals surface area contributed by atoms with Crippen LogP contribution in [0.25, 0.3) is 0 Å². The first kappa shape index (κ1) is 13.1. The highest BCUT2D eigenvalue weighted by molar-refractivity contribution is 7.91. The monoisotopic (exact) mass is 280 g/mol. The van der Waals surface area contributed by atoms with E-state index in [0.717, 1.165) is 31.5 Å². The maximum atomic E-state index is 12.1.